The van der Waals surface area contributed by atoms with Gasteiger partial charge in [-0.25, -0.2) is 4.98 Å². The number of H-pyrrole nitrogens is 1. The van der Waals surface area contributed by atoms with Crippen LogP contribution in [-0.4, -0.2) is 9.97 Å². The smallest absolute Gasteiger partial charge is 0.124 e. The third kappa shape index (κ3) is 1.46. The Labute approximate surface area is 99.7 Å². The molecule has 2 aromatic heterocycles. The van der Waals surface area contributed by atoms with E-state index in [4.69, 9.17) is 5.73 Å². The maximum atomic E-state index is 5.86. The fourth-order valence-corrected chi connectivity index (χ4v) is 2.35. The number of aromatic nitrogens is 2. The lowest BCUT2D eigenvalue weighted by Crippen LogP contribution is -1.95. The summed E-state index contributed by atoms with van der Waals surface area (Å²) in [6, 6.07) is 8.36. The lowest BCUT2D eigenvalue weighted by molar-refractivity contribution is 1.06. The average Bonchev–Trinajstić information content (AvgIpc) is 2.66. The van der Waals surface area contributed by atoms with Crippen LogP contribution in [-0.2, 0) is 6.42 Å². The first-order chi connectivity index (χ1) is 8.19. The van der Waals surface area contributed by atoms with Crippen molar-refractivity contribution in [3.63, 3.8) is 0 Å². The minimum atomic E-state index is 0.594. The Hall–Kier alpha value is -2.03. The second kappa shape index (κ2) is 3.48. The number of rotatable bonds is 1. The summed E-state index contributed by atoms with van der Waals surface area (Å²) < 4.78 is 0. The summed E-state index contributed by atoms with van der Waals surface area (Å²) >= 11 is 0. The lowest BCUT2D eigenvalue weighted by atomic mass is 10.1. The minimum absolute atomic E-state index is 0.594. The average molecular weight is 225 g/mol. The first-order valence-electron chi connectivity index (χ1n) is 5.86. The number of fused-ring (bicyclic) bond motifs is 3. The Bertz CT molecular complexity index is 710. The van der Waals surface area contributed by atoms with E-state index >= 15 is 0 Å². The molecule has 3 heteroatoms. The maximum Gasteiger partial charge on any atom is 0.124 e. The second-order valence-corrected chi connectivity index (χ2v) is 4.44. The number of nitrogens with zero attached hydrogens (tertiary/aromatic N) is 1. The molecule has 1 aromatic carbocycles. The Balaban J connectivity index is 2.52. The Morgan fingerprint density at radius 2 is 2.06 bits per heavy atom. The summed E-state index contributed by atoms with van der Waals surface area (Å²) in [4.78, 5) is 7.82. The van der Waals surface area contributed by atoms with Crippen LogP contribution >= 0.6 is 0 Å². The van der Waals surface area contributed by atoms with Crippen LogP contribution in [0.5, 0.6) is 0 Å². The van der Waals surface area contributed by atoms with Crippen LogP contribution in [0.4, 0.5) is 5.82 Å². The molecule has 0 saturated carbocycles. The molecule has 0 radical (unpaired) electrons. The highest BCUT2D eigenvalue weighted by Crippen LogP contribution is 2.29. The van der Waals surface area contributed by atoms with E-state index in [1.165, 1.54) is 16.3 Å². The molecule has 86 valence electrons. The van der Waals surface area contributed by atoms with Gasteiger partial charge in [0.15, 0.2) is 0 Å². The molecule has 0 aliphatic rings. The van der Waals surface area contributed by atoms with Gasteiger partial charge in [-0.3, -0.25) is 0 Å². The van der Waals surface area contributed by atoms with Gasteiger partial charge in [0.2, 0.25) is 0 Å². The van der Waals surface area contributed by atoms with E-state index in [2.05, 4.69) is 42.0 Å². The van der Waals surface area contributed by atoms with Crippen LogP contribution in [0.2, 0.25) is 0 Å². The molecule has 0 aliphatic carbocycles. The molecule has 17 heavy (non-hydrogen) atoms. The van der Waals surface area contributed by atoms with Gasteiger partial charge >= 0.3 is 0 Å². The molecular weight excluding hydrogens is 210 g/mol. The van der Waals surface area contributed by atoms with E-state index in [1.54, 1.807) is 0 Å². The third-order valence-corrected chi connectivity index (χ3v) is 3.17. The summed E-state index contributed by atoms with van der Waals surface area (Å²) in [7, 11) is 0. The van der Waals surface area contributed by atoms with E-state index in [0.717, 1.165) is 23.1 Å². The van der Waals surface area contributed by atoms with Crippen molar-refractivity contribution in [2.45, 2.75) is 20.3 Å². The molecule has 0 atom stereocenters. The molecular formula is C14H15N3. The van der Waals surface area contributed by atoms with Crippen LogP contribution in [0.25, 0.3) is 21.8 Å². The van der Waals surface area contributed by atoms with Crippen molar-refractivity contribution in [2.75, 3.05) is 5.73 Å². The lowest BCUT2D eigenvalue weighted by Gasteiger charge is -2.00. The summed E-state index contributed by atoms with van der Waals surface area (Å²) in [6.45, 7) is 4.20. The van der Waals surface area contributed by atoms with Crippen molar-refractivity contribution in [1.82, 2.24) is 9.97 Å². The standard InChI is InChI=1S/C14H15N3/c1-3-11-14-10(7-13(15)16-11)9-6-8(2)4-5-12(9)17-14/h4-7,17H,3H2,1-2H3,(H2,15,16). The predicted octanol–water partition coefficient (Wildman–Crippen LogP) is 3.17. The molecule has 3 N–H and O–H groups in total. The molecule has 3 nitrogen and oxygen atoms in total. The molecule has 3 aromatic rings. The number of pyridine rings is 1. The fraction of sp³-hybridized carbons (Fsp3) is 0.214. The van der Waals surface area contributed by atoms with Crippen LogP contribution in [0.1, 0.15) is 18.2 Å². The quantitative estimate of drug-likeness (QED) is 0.668. The first-order valence-corrected chi connectivity index (χ1v) is 5.86. The van der Waals surface area contributed by atoms with Gasteiger partial charge in [-0.05, 0) is 31.5 Å². The SMILES string of the molecule is CCc1nc(N)cc2c1[nH]c1ccc(C)cc12. The number of benzene rings is 1. The summed E-state index contributed by atoms with van der Waals surface area (Å²) in [6.07, 6.45) is 0.882. The van der Waals surface area contributed by atoms with E-state index in [1.807, 2.05) is 6.07 Å². The van der Waals surface area contributed by atoms with Gasteiger partial charge in [0.25, 0.3) is 0 Å². The molecule has 0 bridgehead atoms. The Morgan fingerprint density at radius 3 is 2.82 bits per heavy atom. The van der Waals surface area contributed by atoms with E-state index in [9.17, 15) is 0 Å². The Kier molecular flexibility index (Phi) is 2.08. The second-order valence-electron chi connectivity index (χ2n) is 4.44. The van der Waals surface area contributed by atoms with Crippen LogP contribution in [0, 0.1) is 6.92 Å². The predicted molar refractivity (Wildman–Crippen MR) is 72.1 cm³/mol. The van der Waals surface area contributed by atoms with Crippen molar-refractivity contribution < 1.29 is 0 Å². The number of hydrogen-bond acceptors (Lipinski definition) is 2. The molecule has 0 aliphatic heterocycles. The molecule has 2 heterocycles. The van der Waals surface area contributed by atoms with Gasteiger partial charge < -0.3 is 10.7 Å². The van der Waals surface area contributed by atoms with Gasteiger partial charge in [-0.1, -0.05) is 18.6 Å². The normalized spacial score (nSPS) is 11.4. The highest BCUT2D eigenvalue weighted by Gasteiger charge is 2.09. The highest BCUT2D eigenvalue weighted by molar-refractivity contribution is 6.08. The zero-order chi connectivity index (χ0) is 12.0. The summed E-state index contributed by atoms with van der Waals surface area (Å²) in [5, 5.41) is 2.40. The summed E-state index contributed by atoms with van der Waals surface area (Å²) in [5.41, 5.74) is 10.4. The fourth-order valence-electron chi connectivity index (χ4n) is 2.35. The number of nitrogen functional groups attached to an aromatic ring is 1. The van der Waals surface area contributed by atoms with Crippen LogP contribution in [0.15, 0.2) is 24.3 Å². The zero-order valence-corrected chi connectivity index (χ0v) is 10.0. The van der Waals surface area contributed by atoms with Crippen molar-refractivity contribution in [3.8, 4) is 0 Å². The molecule has 0 unspecified atom stereocenters. The van der Waals surface area contributed by atoms with Gasteiger partial charge in [0.05, 0.1) is 11.2 Å². The Morgan fingerprint density at radius 1 is 1.24 bits per heavy atom. The molecule has 0 amide bonds. The van der Waals surface area contributed by atoms with Crippen LogP contribution in [0.3, 0.4) is 0 Å². The topological polar surface area (TPSA) is 54.7 Å². The van der Waals surface area contributed by atoms with Crippen molar-refractivity contribution in [1.29, 1.82) is 0 Å². The maximum absolute atomic E-state index is 5.86. The highest BCUT2D eigenvalue weighted by atomic mass is 14.9. The third-order valence-electron chi connectivity index (χ3n) is 3.17. The number of aromatic amines is 1. The summed E-state index contributed by atoms with van der Waals surface area (Å²) in [5.74, 6) is 0.594. The number of aryl methyl sites for hydroxylation is 2. The first kappa shape index (κ1) is 10.1. The van der Waals surface area contributed by atoms with Gasteiger partial charge in [-0.2, -0.15) is 0 Å². The van der Waals surface area contributed by atoms with Gasteiger partial charge in [0.1, 0.15) is 5.82 Å². The molecule has 3 rings (SSSR count). The number of hydrogen-bond donors (Lipinski definition) is 2. The van der Waals surface area contributed by atoms with Gasteiger partial charge in [-0.15, -0.1) is 0 Å². The minimum Gasteiger partial charge on any atom is -0.384 e. The van der Waals surface area contributed by atoms with Crippen LogP contribution < -0.4 is 5.73 Å². The van der Waals surface area contributed by atoms with Crippen molar-refractivity contribution in [3.05, 3.63) is 35.5 Å². The number of anilines is 1. The van der Waals surface area contributed by atoms with E-state index in [0.29, 0.717) is 5.82 Å². The molecule has 0 spiro atoms. The number of nitrogens with two attached hydrogens (primary N) is 1. The number of nitrogens with one attached hydrogen (secondary N) is 1. The molecule has 0 saturated heterocycles. The van der Waals surface area contributed by atoms with E-state index in [-0.39, 0.29) is 0 Å². The van der Waals surface area contributed by atoms with Crippen molar-refractivity contribution >= 4 is 27.6 Å². The van der Waals surface area contributed by atoms with E-state index < -0.39 is 0 Å². The largest absolute Gasteiger partial charge is 0.384 e. The zero-order valence-electron chi connectivity index (χ0n) is 10.0. The monoisotopic (exact) mass is 225 g/mol. The van der Waals surface area contributed by atoms with Gasteiger partial charge in [0, 0.05) is 16.3 Å². The molecule has 0 fully saturated rings. The van der Waals surface area contributed by atoms with Crippen molar-refractivity contribution in [2.24, 2.45) is 0 Å².